The molecule has 2 amide bonds. The van der Waals surface area contributed by atoms with Crippen LogP contribution in [0.15, 0.2) is 31.0 Å². The van der Waals surface area contributed by atoms with Gasteiger partial charge in [-0.25, -0.2) is 14.6 Å². The van der Waals surface area contributed by atoms with Gasteiger partial charge in [-0.3, -0.25) is 9.59 Å². The van der Waals surface area contributed by atoms with Crippen LogP contribution in [0.1, 0.15) is 25.8 Å². The molecule has 126 valence electrons. The maximum absolute atomic E-state index is 12.4. The molecule has 1 fully saturated rings. The third-order valence-corrected chi connectivity index (χ3v) is 4.11. The Morgan fingerprint density at radius 2 is 2.29 bits per heavy atom. The number of hydrogen-bond acceptors (Lipinski definition) is 5. The second-order valence-electron chi connectivity index (χ2n) is 6.08. The highest BCUT2D eigenvalue weighted by Gasteiger charge is 2.35. The van der Waals surface area contributed by atoms with Crippen LogP contribution in [0, 0.1) is 5.92 Å². The molecule has 1 aliphatic rings. The molecular weight excluding hydrogens is 308 g/mol. The van der Waals surface area contributed by atoms with Gasteiger partial charge in [-0.2, -0.15) is 5.10 Å². The van der Waals surface area contributed by atoms with Crippen molar-refractivity contribution >= 4 is 11.8 Å². The van der Waals surface area contributed by atoms with Gasteiger partial charge in [-0.1, -0.05) is 6.07 Å². The zero-order valence-corrected chi connectivity index (χ0v) is 13.7. The highest BCUT2D eigenvalue weighted by atomic mass is 16.2. The quantitative estimate of drug-likeness (QED) is 0.864. The van der Waals surface area contributed by atoms with Crippen molar-refractivity contribution < 1.29 is 9.59 Å². The van der Waals surface area contributed by atoms with Crippen LogP contribution >= 0.6 is 0 Å². The molecule has 0 bridgehead atoms. The summed E-state index contributed by atoms with van der Waals surface area (Å²) >= 11 is 0. The molecule has 3 rings (SSSR count). The van der Waals surface area contributed by atoms with Crippen LogP contribution in [-0.2, 0) is 16.1 Å². The summed E-state index contributed by atoms with van der Waals surface area (Å²) in [6, 6.07) is 3.80. The monoisotopic (exact) mass is 328 g/mol. The Morgan fingerprint density at radius 3 is 2.96 bits per heavy atom. The van der Waals surface area contributed by atoms with Crippen molar-refractivity contribution in [2.45, 2.75) is 32.9 Å². The van der Waals surface area contributed by atoms with Gasteiger partial charge in [0, 0.05) is 37.3 Å². The first-order valence-electron chi connectivity index (χ1n) is 7.92. The van der Waals surface area contributed by atoms with Crippen molar-refractivity contribution in [2.75, 3.05) is 6.54 Å². The molecule has 3 heterocycles. The highest BCUT2D eigenvalue weighted by molar-refractivity contribution is 5.89. The van der Waals surface area contributed by atoms with Crippen molar-refractivity contribution in [3.05, 3.63) is 36.5 Å². The second-order valence-corrected chi connectivity index (χ2v) is 6.08. The highest BCUT2D eigenvalue weighted by Crippen LogP contribution is 2.20. The van der Waals surface area contributed by atoms with E-state index in [-0.39, 0.29) is 30.2 Å². The Balaban J connectivity index is 1.65. The van der Waals surface area contributed by atoms with E-state index in [0.29, 0.717) is 18.9 Å². The lowest BCUT2D eigenvalue weighted by molar-refractivity contribution is -0.130. The lowest BCUT2D eigenvalue weighted by Gasteiger charge is -2.20. The molecule has 2 aromatic heterocycles. The molecule has 8 heteroatoms. The summed E-state index contributed by atoms with van der Waals surface area (Å²) < 4.78 is 1.56. The number of carbonyl (C=O) groups excluding carboxylic acids is 2. The number of carbonyl (C=O) groups is 2. The zero-order chi connectivity index (χ0) is 17.1. The summed E-state index contributed by atoms with van der Waals surface area (Å²) in [6.45, 7) is 4.72. The summed E-state index contributed by atoms with van der Waals surface area (Å²) in [5.41, 5.74) is 0.835. The van der Waals surface area contributed by atoms with E-state index < -0.39 is 0 Å². The first kappa shape index (κ1) is 16.1. The van der Waals surface area contributed by atoms with E-state index >= 15 is 0 Å². The van der Waals surface area contributed by atoms with E-state index in [1.54, 1.807) is 22.1 Å². The van der Waals surface area contributed by atoms with Crippen molar-refractivity contribution in [3.8, 4) is 5.82 Å². The van der Waals surface area contributed by atoms with Crippen LogP contribution in [0.25, 0.3) is 5.82 Å². The molecule has 0 saturated carbocycles. The molecule has 0 aliphatic carbocycles. The van der Waals surface area contributed by atoms with Crippen LogP contribution in [0.5, 0.6) is 0 Å². The standard InChI is InChI=1S/C16H20N6O2/c1-11(2)21-8-13(6-14(21)23)16(24)19-7-12-4-3-5-18-15(12)22-10-17-9-20-22/h3-5,9-11,13H,6-8H2,1-2H3,(H,19,24)/t13-/m1/s1. The number of nitrogens with one attached hydrogen (secondary N) is 1. The largest absolute Gasteiger partial charge is 0.352 e. The molecule has 2 aromatic rings. The number of likely N-dealkylation sites (tertiary alicyclic amines) is 1. The number of hydrogen-bond donors (Lipinski definition) is 1. The lowest BCUT2D eigenvalue weighted by atomic mass is 10.1. The Labute approximate surface area is 139 Å². The topological polar surface area (TPSA) is 93.0 Å². The summed E-state index contributed by atoms with van der Waals surface area (Å²) in [4.78, 5) is 34.3. The van der Waals surface area contributed by atoms with Gasteiger partial charge in [0.05, 0.1) is 5.92 Å². The van der Waals surface area contributed by atoms with E-state index in [0.717, 1.165) is 5.56 Å². The van der Waals surface area contributed by atoms with Crippen molar-refractivity contribution in [2.24, 2.45) is 5.92 Å². The van der Waals surface area contributed by atoms with Crippen molar-refractivity contribution in [1.82, 2.24) is 30.0 Å². The molecule has 0 spiro atoms. The SMILES string of the molecule is CC(C)N1C[C@H](C(=O)NCc2cccnc2-n2cncn2)CC1=O. The minimum atomic E-state index is -0.300. The fourth-order valence-electron chi connectivity index (χ4n) is 2.83. The zero-order valence-electron chi connectivity index (χ0n) is 13.7. The molecule has 0 unspecified atom stereocenters. The fraction of sp³-hybridized carbons (Fsp3) is 0.438. The van der Waals surface area contributed by atoms with Gasteiger partial charge in [-0.15, -0.1) is 0 Å². The third-order valence-electron chi connectivity index (χ3n) is 4.11. The third kappa shape index (κ3) is 3.27. The van der Waals surface area contributed by atoms with E-state index in [2.05, 4.69) is 20.4 Å². The number of aromatic nitrogens is 4. The van der Waals surface area contributed by atoms with E-state index in [4.69, 9.17) is 0 Å². The Morgan fingerprint density at radius 1 is 1.46 bits per heavy atom. The average molecular weight is 328 g/mol. The number of rotatable bonds is 5. The van der Waals surface area contributed by atoms with E-state index in [1.165, 1.54) is 6.33 Å². The summed E-state index contributed by atoms with van der Waals surface area (Å²) in [5, 5.41) is 6.97. The predicted molar refractivity (Wildman–Crippen MR) is 86.0 cm³/mol. The molecular formula is C16H20N6O2. The van der Waals surface area contributed by atoms with Crippen LogP contribution in [0.2, 0.25) is 0 Å². The van der Waals surface area contributed by atoms with Gasteiger partial charge in [0.25, 0.3) is 0 Å². The van der Waals surface area contributed by atoms with Gasteiger partial charge < -0.3 is 10.2 Å². The molecule has 0 radical (unpaired) electrons. The van der Waals surface area contributed by atoms with Crippen molar-refractivity contribution in [3.63, 3.8) is 0 Å². The van der Waals surface area contributed by atoms with Crippen LogP contribution in [0.4, 0.5) is 0 Å². The van der Waals surface area contributed by atoms with Gasteiger partial charge >= 0.3 is 0 Å². The minimum Gasteiger partial charge on any atom is -0.352 e. The Bertz CT molecular complexity index is 728. The van der Waals surface area contributed by atoms with Crippen LogP contribution in [-0.4, -0.2) is 49.0 Å². The van der Waals surface area contributed by atoms with E-state index in [9.17, 15) is 9.59 Å². The van der Waals surface area contributed by atoms with Crippen LogP contribution < -0.4 is 5.32 Å². The summed E-state index contributed by atoms with van der Waals surface area (Å²) in [6.07, 6.45) is 4.93. The molecule has 24 heavy (non-hydrogen) atoms. The molecule has 1 atom stereocenters. The first-order chi connectivity index (χ1) is 11.6. The van der Waals surface area contributed by atoms with Gasteiger partial charge in [0.2, 0.25) is 11.8 Å². The molecule has 0 aromatic carbocycles. The molecule has 1 N–H and O–H groups in total. The summed E-state index contributed by atoms with van der Waals surface area (Å²) in [7, 11) is 0. The number of nitrogens with zero attached hydrogens (tertiary/aromatic N) is 5. The van der Waals surface area contributed by atoms with Gasteiger partial charge in [0.15, 0.2) is 5.82 Å². The molecule has 8 nitrogen and oxygen atoms in total. The number of amides is 2. The summed E-state index contributed by atoms with van der Waals surface area (Å²) in [5.74, 6) is 0.253. The van der Waals surface area contributed by atoms with Crippen LogP contribution in [0.3, 0.4) is 0 Å². The molecule has 1 aliphatic heterocycles. The first-order valence-corrected chi connectivity index (χ1v) is 7.92. The molecule has 1 saturated heterocycles. The average Bonchev–Trinajstić information content (AvgIpc) is 3.22. The minimum absolute atomic E-state index is 0.0369. The second kappa shape index (κ2) is 6.77. The smallest absolute Gasteiger partial charge is 0.225 e. The number of pyridine rings is 1. The fourth-order valence-corrected chi connectivity index (χ4v) is 2.83. The van der Waals surface area contributed by atoms with Crippen molar-refractivity contribution in [1.29, 1.82) is 0 Å². The van der Waals surface area contributed by atoms with Gasteiger partial charge in [-0.05, 0) is 19.9 Å². The maximum atomic E-state index is 12.4. The van der Waals surface area contributed by atoms with E-state index in [1.807, 2.05) is 26.0 Å². The Kier molecular flexibility index (Phi) is 4.54. The normalized spacial score (nSPS) is 17.5. The van der Waals surface area contributed by atoms with Gasteiger partial charge in [0.1, 0.15) is 12.7 Å². The maximum Gasteiger partial charge on any atom is 0.225 e. The Hall–Kier alpha value is -2.77. The predicted octanol–water partition coefficient (Wildman–Crippen LogP) is 0.535. The lowest BCUT2D eigenvalue weighted by Crippen LogP contribution is -2.35.